The van der Waals surface area contributed by atoms with Crippen molar-refractivity contribution in [1.82, 2.24) is 14.5 Å². The van der Waals surface area contributed by atoms with Crippen LogP contribution in [0.1, 0.15) is 49.6 Å². The van der Waals surface area contributed by atoms with Gasteiger partial charge in [0, 0.05) is 39.1 Å². The molecule has 1 aliphatic heterocycles. The van der Waals surface area contributed by atoms with Crippen LogP contribution in [0.15, 0.2) is 48.5 Å². The Morgan fingerprint density at radius 2 is 1.82 bits per heavy atom. The second-order valence-electron chi connectivity index (χ2n) is 9.73. The van der Waals surface area contributed by atoms with Gasteiger partial charge in [0.15, 0.2) is 0 Å². The summed E-state index contributed by atoms with van der Waals surface area (Å²) in [6.07, 6.45) is 1.84. The molecule has 1 unspecified atom stereocenters. The molecule has 1 fully saturated rings. The molecule has 2 heterocycles. The molecule has 3 aromatic rings. The Labute approximate surface area is 201 Å². The standard InChI is InChI=1S/C27H35N3O4/c1-27(2,26(32)33)21-10-8-19(9-11-21)18-24(31)29-14-12-20(13-15-29)25-28-22-6-4-5-7-23(22)30(25)16-17-34-3/h4-11,20,24,31H,12-18H2,1-3H3,(H,32,33). The van der Waals surface area contributed by atoms with Crippen LogP contribution in [0.5, 0.6) is 0 Å². The van der Waals surface area contributed by atoms with Gasteiger partial charge in [0.05, 0.1) is 23.1 Å². The quantitative estimate of drug-likeness (QED) is 0.500. The zero-order chi connectivity index (χ0) is 24.3. The molecule has 2 aromatic carbocycles. The van der Waals surface area contributed by atoms with E-state index in [2.05, 4.69) is 21.6 Å². The number of aliphatic carboxylic acids is 1. The first-order valence-electron chi connectivity index (χ1n) is 12.0. The van der Waals surface area contributed by atoms with Crippen molar-refractivity contribution in [2.24, 2.45) is 0 Å². The summed E-state index contributed by atoms with van der Waals surface area (Å²) in [4.78, 5) is 18.6. The van der Waals surface area contributed by atoms with Gasteiger partial charge in [-0.25, -0.2) is 4.98 Å². The molecule has 0 bridgehead atoms. The van der Waals surface area contributed by atoms with Crippen molar-refractivity contribution in [3.05, 3.63) is 65.5 Å². The molecule has 7 heteroatoms. The molecule has 0 saturated carbocycles. The van der Waals surface area contributed by atoms with Crippen LogP contribution in [0, 0.1) is 0 Å². The maximum absolute atomic E-state index is 11.5. The van der Waals surface area contributed by atoms with E-state index in [0.29, 0.717) is 18.9 Å². The molecule has 0 spiro atoms. The summed E-state index contributed by atoms with van der Waals surface area (Å²) in [5.74, 6) is 0.619. The van der Waals surface area contributed by atoms with Gasteiger partial charge in [-0.15, -0.1) is 0 Å². The number of hydrogen-bond acceptors (Lipinski definition) is 5. The van der Waals surface area contributed by atoms with E-state index in [9.17, 15) is 15.0 Å². The van der Waals surface area contributed by atoms with Crippen LogP contribution in [0.25, 0.3) is 11.0 Å². The monoisotopic (exact) mass is 465 g/mol. The molecule has 7 nitrogen and oxygen atoms in total. The van der Waals surface area contributed by atoms with E-state index in [4.69, 9.17) is 9.72 Å². The smallest absolute Gasteiger partial charge is 0.313 e. The SMILES string of the molecule is COCCn1c(C2CCN(C(O)Cc3ccc(C(C)(C)C(=O)O)cc3)CC2)nc2ccccc21. The van der Waals surface area contributed by atoms with Gasteiger partial charge in [-0.05, 0) is 49.9 Å². The zero-order valence-corrected chi connectivity index (χ0v) is 20.3. The molecule has 1 aliphatic rings. The second-order valence-corrected chi connectivity index (χ2v) is 9.73. The number of carboxylic acids is 1. The number of carbonyl (C=O) groups is 1. The van der Waals surface area contributed by atoms with Crippen LogP contribution in [-0.2, 0) is 27.9 Å². The van der Waals surface area contributed by atoms with Crippen molar-refractivity contribution < 1.29 is 19.7 Å². The Bertz CT molecular complexity index is 1110. The average Bonchev–Trinajstić information content (AvgIpc) is 3.21. The lowest BCUT2D eigenvalue weighted by atomic mass is 9.84. The number of methoxy groups -OCH3 is 1. The third kappa shape index (κ3) is 5.02. The van der Waals surface area contributed by atoms with E-state index in [1.54, 1.807) is 21.0 Å². The third-order valence-corrected chi connectivity index (χ3v) is 7.15. The van der Waals surface area contributed by atoms with Crippen molar-refractivity contribution in [2.75, 3.05) is 26.8 Å². The minimum absolute atomic E-state index is 0.352. The number of carboxylic acid groups (broad SMARTS) is 1. The highest BCUT2D eigenvalue weighted by molar-refractivity contribution is 5.80. The van der Waals surface area contributed by atoms with E-state index in [1.165, 1.54) is 0 Å². The van der Waals surface area contributed by atoms with Crippen molar-refractivity contribution in [1.29, 1.82) is 0 Å². The zero-order valence-electron chi connectivity index (χ0n) is 20.3. The molecule has 34 heavy (non-hydrogen) atoms. The molecular formula is C27H35N3O4. The number of aromatic nitrogens is 2. The number of imidazole rings is 1. The van der Waals surface area contributed by atoms with E-state index in [-0.39, 0.29) is 0 Å². The Kier molecular flexibility index (Phi) is 7.36. The Hall–Kier alpha value is -2.74. The van der Waals surface area contributed by atoms with Gasteiger partial charge in [-0.2, -0.15) is 0 Å². The molecule has 0 radical (unpaired) electrons. The highest BCUT2D eigenvalue weighted by Crippen LogP contribution is 2.31. The first-order valence-corrected chi connectivity index (χ1v) is 12.0. The van der Waals surface area contributed by atoms with Crippen molar-refractivity contribution in [2.45, 2.75) is 57.2 Å². The fourth-order valence-electron chi connectivity index (χ4n) is 4.80. The largest absolute Gasteiger partial charge is 0.481 e. The normalized spacial score (nSPS) is 16.7. The number of likely N-dealkylation sites (tertiary alicyclic amines) is 1. The molecule has 2 N–H and O–H groups in total. The van der Waals surface area contributed by atoms with Crippen LogP contribution >= 0.6 is 0 Å². The number of hydrogen-bond donors (Lipinski definition) is 2. The van der Waals surface area contributed by atoms with E-state index >= 15 is 0 Å². The summed E-state index contributed by atoms with van der Waals surface area (Å²) >= 11 is 0. The number of para-hydroxylation sites is 2. The molecular weight excluding hydrogens is 430 g/mol. The van der Waals surface area contributed by atoms with Gasteiger partial charge in [-0.1, -0.05) is 36.4 Å². The molecule has 1 atom stereocenters. The number of nitrogens with zero attached hydrogens (tertiary/aromatic N) is 3. The van der Waals surface area contributed by atoms with Crippen LogP contribution in [0.2, 0.25) is 0 Å². The lowest BCUT2D eigenvalue weighted by Gasteiger charge is -2.35. The predicted octanol–water partition coefficient (Wildman–Crippen LogP) is 3.79. The lowest BCUT2D eigenvalue weighted by molar-refractivity contribution is -0.142. The fourth-order valence-corrected chi connectivity index (χ4v) is 4.80. The number of rotatable bonds is 9. The summed E-state index contributed by atoms with van der Waals surface area (Å²) in [5.41, 5.74) is 2.99. The summed E-state index contributed by atoms with van der Waals surface area (Å²) < 4.78 is 7.62. The number of ether oxygens (including phenoxy) is 1. The van der Waals surface area contributed by atoms with Crippen LogP contribution < -0.4 is 0 Å². The minimum atomic E-state index is -0.932. The average molecular weight is 466 g/mol. The third-order valence-electron chi connectivity index (χ3n) is 7.15. The predicted molar refractivity (Wildman–Crippen MR) is 132 cm³/mol. The Morgan fingerprint density at radius 3 is 2.47 bits per heavy atom. The molecule has 0 amide bonds. The Balaban J connectivity index is 1.39. The van der Waals surface area contributed by atoms with E-state index in [1.807, 2.05) is 36.4 Å². The van der Waals surface area contributed by atoms with Gasteiger partial charge >= 0.3 is 5.97 Å². The minimum Gasteiger partial charge on any atom is -0.481 e. The van der Waals surface area contributed by atoms with E-state index in [0.717, 1.165) is 60.5 Å². The van der Waals surface area contributed by atoms with Gasteiger partial charge in [0.2, 0.25) is 0 Å². The molecule has 1 aromatic heterocycles. The van der Waals surface area contributed by atoms with Gasteiger partial charge in [-0.3, -0.25) is 9.69 Å². The highest BCUT2D eigenvalue weighted by Gasteiger charge is 2.30. The summed E-state index contributed by atoms with van der Waals surface area (Å²) in [6.45, 7) is 6.45. The summed E-state index contributed by atoms with van der Waals surface area (Å²) in [6, 6.07) is 15.8. The van der Waals surface area contributed by atoms with Gasteiger partial charge in [0.25, 0.3) is 0 Å². The van der Waals surface area contributed by atoms with Crippen LogP contribution in [0.3, 0.4) is 0 Å². The number of piperidine rings is 1. The van der Waals surface area contributed by atoms with Crippen LogP contribution in [0.4, 0.5) is 0 Å². The molecule has 4 rings (SSSR count). The molecule has 1 saturated heterocycles. The fraction of sp³-hybridized carbons (Fsp3) is 0.481. The van der Waals surface area contributed by atoms with Gasteiger partial charge < -0.3 is 19.5 Å². The summed E-state index contributed by atoms with van der Waals surface area (Å²) in [7, 11) is 1.72. The highest BCUT2D eigenvalue weighted by atomic mass is 16.5. The van der Waals surface area contributed by atoms with Crippen LogP contribution in [-0.4, -0.2) is 63.7 Å². The first kappa shape index (κ1) is 24.4. The van der Waals surface area contributed by atoms with E-state index < -0.39 is 17.6 Å². The number of benzene rings is 2. The summed E-state index contributed by atoms with van der Waals surface area (Å²) in [5, 5.41) is 20.3. The van der Waals surface area contributed by atoms with Crippen molar-refractivity contribution >= 4 is 17.0 Å². The topological polar surface area (TPSA) is 87.8 Å². The maximum Gasteiger partial charge on any atom is 0.313 e. The maximum atomic E-state index is 11.5. The molecule has 0 aliphatic carbocycles. The first-order chi connectivity index (χ1) is 16.3. The Morgan fingerprint density at radius 1 is 1.15 bits per heavy atom. The van der Waals surface area contributed by atoms with Gasteiger partial charge in [0.1, 0.15) is 12.1 Å². The molecule has 182 valence electrons. The number of aliphatic hydroxyl groups is 1. The lowest BCUT2D eigenvalue weighted by Crippen LogP contribution is -2.42. The van der Waals surface area contributed by atoms with Crippen molar-refractivity contribution in [3.63, 3.8) is 0 Å². The number of fused-ring (bicyclic) bond motifs is 1. The number of aliphatic hydroxyl groups excluding tert-OH is 1. The van der Waals surface area contributed by atoms with Crippen molar-refractivity contribution in [3.8, 4) is 0 Å². The second kappa shape index (κ2) is 10.3.